The molecule has 0 saturated carbocycles. The van der Waals surface area contributed by atoms with E-state index in [0.29, 0.717) is 18.7 Å². The molecule has 0 spiro atoms. The number of amides is 1. The van der Waals surface area contributed by atoms with Gasteiger partial charge in [0.15, 0.2) is 0 Å². The van der Waals surface area contributed by atoms with Crippen molar-refractivity contribution in [3.63, 3.8) is 0 Å². The van der Waals surface area contributed by atoms with E-state index in [1.165, 1.54) is 0 Å². The smallest absolute Gasteiger partial charge is 0.234 e. The summed E-state index contributed by atoms with van der Waals surface area (Å²) in [4.78, 5) is 20.3. The van der Waals surface area contributed by atoms with E-state index in [9.17, 15) is 9.90 Å². The van der Waals surface area contributed by atoms with E-state index in [-0.39, 0.29) is 28.8 Å². The van der Waals surface area contributed by atoms with E-state index in [0.717, 1.165) is 17.8 Å². The molecule has 27 heavy (non-hydrogen) atoms. The van der Waals surface area contributed by atoms with E-state index in [1.54, 1.807) is 0 Å². The van der Waals surface area contributed by atoms with Crippen LogP contribution in [0.1, 0.15) is 71.8 Å². The molecule has 1 saturated heterocycles. The minimum Gasteiger partial charge on any atom is -0.391 e. The van der Waals surface area contributed by atoms with Gasteiger partial charge in [-0.3, -0.25) is 9.79 Å². The lowest BCUT2D eigenvalue weighted by Gasteiger charge is -2.32. The van der Waals surface area contributed by atoms with Crippen LogP contribution in [0, 0.1) is 18.3 Å². The normalized spacial score (nSPS) is 27.9. The van der Waals surface area contributed by atoms with Crippen molar-refractivity contribution in [2.24, 2.45) is 16.3 Å². The van der Waals surface area contributed by atoms with Gasteiger partial charge in [0.1, 0.15) is 11.7 Å². The molecule has 3 rings (SSSR count). The molecule has 0 unspecified atom stereocenters. The van der Waals surface area contributed by atoms with E-state index in [2.05, 4.69) is 32.9 Å². The molecule has 1 amide bonds. The predicted molar refractivity (Wildman–Crippen MR) is 105 cm³/mol. The van der Waals surface area contributed by atoms with Crippen LogP contribution in [0.5, 0.6) is 0 Å². The summed E-state index contributed by atoms with van der Waals surface area (Å²) in [6, 6.07) is 1.70. The maximum atomic E-state index is 13.5. The molecule has 6 nitrogen and oxygen atoms in total. The number of aryl methyl sites for hydroxylation is 1. The molecule has 0 aromatic carbocycles. The second kappa shape index (κ2) is 6.73. The largest absolute Gasteiger partial charge is 0.391 e. The van der Waals surface area contributed by atoms with E-state index >= 15 is 0 Å². The number of aliphatic imine (C=N–C) groups is 1. The van der Waals surface area contributed by atoms with E-state index in [1.807, 2.05) is 31.7 Å². The summed E-state index contributed by atoms with van der Waals surface area (Å²) in [6.45, 7) is 15.0. The highest BCUT2D eigenvalue weighted by atomic mass is 16.5. The van der Waals surface area contributed by atoms with Gasteiger partial charge in [-0.05, 0) is 38.5 Å². The third kappa shape index (κ3) is 3.56. The summed E-state index contributed by atoms with van der Waals surface area (Å²) in [5.41, 5.74) is 1.66. The molecule has 1 aromatic heterocycles. The number of aliphatic hydroxyl groups excluding tert-OH is 1. The number of β-amino-alcohol motifs (C(OH)–C–C–N with tert-alkyl or cyclic N) is 1. The second-order valence-electron chi connectivity index (χ2n) is 9.71. The molecule has 6 heteroatoms. The Labute approximate surface area is 162 Å². The Balaban J connectivity index is 1.91. The number of carbonyl (C=O) groups is 1. The van der Waals surface area contributed by atoms with Crippen LogP contribution in [0.2, 0.25) is 0 Å². The monoisotopic (exact) mass is 375 g/mol. The van der Waals surface area contributed by atoms with Crippen molar-refractivity contribution in [3.05, 3.63) is 17.5 Å². The minimum absolute atomic E-state index is 0.00656. The van der Waals surface area contributed by atoms with Gasteiger partial charge in [-0.25, -0.2) is 0 Å². The summed E-state index contributed by atoms with van der Waals surface area (Å²) in [5.74, 6) is 0.262. The number of carbonyl (C=O) groups excluding carboxylic acids is 1. The second-order valence-corrected chi connectivity index (χ2v) is 9.71. The fourth-order valence-corrected chi connectivity index (χ4v) is 4.23. The minimum atomic E-state index is -0.516. The van der Waals surface area contributed by atoms with E-state index < -0.39 is 12.0 Å². The first kappa shape index (κ1) is 20.1. The number of aromatic nitrogens is 1. The van der Waals surface area contributed by atoms with Crippen molar-refractivity contribution in [1.29, 1.82) is 0 Å². The highest BCUT2D eigenvalue weighted by Crippen LogP contribution is 2.45. The Kier molecular flexibility index (Phi) is 5.00. The summed E-state index contributed by atoms with van der Waals surface area (Å²) < 4.78 is 5.43. The van der Waals surface area contributed by atoms with Crippen molar-refractivity contribution in [2.45, 2.75) is 84.9 Å². The van der Waals surface area contributed by atoms with Crippen LogP contribution in [0.4, 0.5) is 0 Å². The van der Waals surface area contributed by atoms with Crippen LogP contribution in [0.15, 0.2) is 15.6 Å². The number of hydrogen-bond donors (Lipinski definition) is 1. The lowest BCUT2D eigenvalue weighted by molar-refractivity contribution is -0.134. The number of nitrogens with zero attached hydrogens (tertiary/aromatic N) is 3. The summed E-state index contributed by atoms with van der Waals surface area (Å²) in [6.07, 6.45) is 0.879. The lowest BCUT2D eigenvalue weighted by atomic mass is 9.74. The summed E-state index contributed by atoms with van der Waals surface area (Å²) in [7, 11) is 0. The van der Waals surface area contributed by atoms with Gasteiger partial charge in [-0.2, -0.15) is 0 Å². The molecular weight excluding hydrogens is 342 g/mol. The van der Waals surface area contributed by atoms with E-state index in [4.69, 9.17) is 9.52 Å². The molecule has 0 radical (unpaired) electrons. The predicted octanol–water partition coefficient (Wildman–Crippen LogP) is 3.33. The SMILES string of the molecule is Cc1cc([C@@H](C(=O)N2C[C@H](O)C[C@@H]2C2=NC(C)(C)C(C)(C)C2)C(C)C)on1. The molecule has 150 valence electrons. The van der Waals surface area contributed by atoms with Crippen LogP contribution in [-0.2, 0) is 4.79 Å². The molecular formula is C21H33N3O3. The Hall–Kier alpha value is -1.69. The fraction of sp³-hybridized carbons (Fsp3) is 0.762. The lowest BCUT2D eigenvalue weighted by Crippen LogP contribution is -2.44. The van der Waals surface area contributed by atoms with Crippen molar-refractivity contribution in [2.75, 3.05) is 6.54 Å². The molecule has 3 atom stereocenters. The first-order valence-electron chi connectivity index (χ1n) is 9.93. The molecule has 2 aliphatic rings. The molecule has 1 N–H and O–H groups in total. The quantitative estimate of drug-likeness (QED) is 0.875. The van der Waals surface area contributed by atoms with Crippen molar-refractivity contribution < 1.29 is 14.4 Å². The number of hydrogen-bond acceptors (Lipinski definition) is 5. The van der Waals surface area contributed by atoms with Gasteiger partial charge in [0, 0.05) is 24.7 Å². The molecule has 0 aliphatic carbocycles. The maximum absolute atomic E-state index is 13.5. The van der Waals surface area contributed by atoms with Gasteiger partial charge in [0.25, 0.3) is 0 Å². The van der Waals surface area contributed by atoms with Crippen LogP contribution in [-0.4, -0.2) is 51.0 Å². The van der Waals surface area contributed by atoms with Crippen LogP contribution in [0.3, 0.4) is 0 Å². The Morgan fingerprint density at radius 1 is 1.33 bits per heavy atom. The standard InChI is InChI=1S/C21H33N3O3/c1-12(2)18(17-8-13(3)23-27-17)19(26)24-11-14(25)9-16(24)15-10-20(4,5)21(6,7)22-15/h8,12,14,16,18,25H,9-11H2,1-7H3/t14-,16-,18+/m1/s1. The Bertz CT molecular complexity index is 748. The van der Waals surface area contributed by atoms with Crippen LogP contribution >= 0.6 is 0 Å². The summed E-state index contributed by atoms with van der Waals surface area (Å²) >= 11 is 0. The van der Waals surface area contributed by atoms with Crippen molar-refractivity contribution >= 4 is 11.6 Å². The average molecular weight is 376 g/mol. The number of likely N-dealkylation sites (tertiary alicyclic amines) is 1. The average Bonchev–Trinajstić information content (AvgIpc) is 3.16. The number of rotatable bonds is 4. The fourth-order valence-electron chi connectivity index (χ4n) is 4.23. The van der Waals surface area contributed by atoms with Gasteiger partial charge < -0.3 is 14.5 Å². The van der Waals surface area contributed by atoms with Gasteiger partial charge in [0.2, 0.25) is 5.91 Å². The van der Waals surface area contributed by atoms with Crippen LogP contribution in [0.25, 0.3) is 0 Å². The first-order valence-corrected chi connectivity index (χ1v) is 9.93. The third-order valence-electron chi connectivity index (χ3n) is 6.53. The Morgan fingerprint density at radius 3 is 2.48 bits per heavy atom. The van der Waals surface area contributed by atoms with Gasteiger partial charge in [-0.15, -0.1) is 0 Å². The molecule has 3 heterocycles. The maximum Gasteiger partial charge on any atom is 0.234 e. The zero-order valence-corrected chi connectivity index (χ0v) is 17.6. The number of aliphatic hydroxyl groups is 1. The van der Waals surface area contributed by atoms with Crippen molar-refractivity contribution in [3.8, 4) is 0 Å². The molecule has 0 bridgehead atoms. The molecule has 2 aliphatic heterocycles. The zero-order chi connectivity index (χ0) is 20.1. The summed E-state index contributed by atoms with van der Waals surface area (Å²) in [5, 5.41) is 14.3. The van der Waals surface area contributed by atoms with Gasteiger partial charge in [0.05, 0.1) is 23.4 Å². The highest BCUT2D eigenvalue weighted by Gasteiger charge is 2.49. The van der Waals surface area contributed by atoms with Gasteiger partial charge >= 0.3 is 0 Å². The molecule has 1 aromatic rings. The molecule has 1 fully saturated rings. The zero-order valence-electron chi connectivity index (χ0n) is 17.6. The third-order valence-corrected chi connectivity index (χ3v) is 6.53. The highest BCUT2D eigenvalue weighted by molar-refractivity contribution is 5.97. The van der Waals surface area contributed by atoms with Crippen molar-refractivity contribution in [1.82, 2.24) is 10.1 Å². The first-order chi connectivity index (χ1) is 12.4. The topological polar surface area (TPSA) is 78.9 Å². The Morgan fingerprint density at radius 2 is 2.00 bits per heavy atom. The van der Waals surface area contributed by atoms with Gasteiger partial charge in [-0.1, -0.05) is 32.9 Å². The van der Waals surface area contributed by atoms with Crippen LogP contribution < -0.4 is 0 Å².